The number of nitriles is 1. The first-order valence-corrected chi connectivity index (χ1v) is 5.30. The van der Waals surface area contributed by atoms with Crippen molar-refractivity contribution in [3.63, 3.8) is 0 Å². The highest BCUT2D eigenvalue weighted by Gasteiger charge is 2.11. The predicted octanol–water partition coefficient (Wildman–Crippen LogP) is 1.82. The third kappa shape index (κ3) is 2.74. The first-order valence-electron chi connectivity index (χ1n) is 5.30. The van der Waals surface area contributed by atoms with Crippen LogP contribution in [0.1, 0.15) is 11.4 Å². The molecule has 3 N–H and O–H groups in total. The Morgan fingerprint density at radius 3 is 2.58 bits per heavy atom. The van der Waals surface area contributed by atoms with E-state index in [0.717, 1.165) is 6.07 Å². The van der Waals surface area contributed by atoms with Crippen LogP contribution in [0.15, 0.2) is 24.5 Å². The number of nitrogens with one attached hydrogen (secondary N) is 1. The van der Waals surface area contributed by atoms with Gasteiger partial charge in [0.05, 0.1) is 11.4 Å². The standard InChI is InChI=1S/C12H9F2N5/c13-8-1-2-9(16)12(11(8)14)19-6-7-4-17-10(3-15)18-5-7/h1-2,4-5,19H,6,16H2. The number of hydrogen-bond acceptors (Lipinski definition) is 5. The summed E-state index contributed by atoms with van der Waals surface area (Å²) in [5, 5.41) is 11.2. The van der Waals surface area contributed by atoms with Crippen LogP contribution in [-0.4, -0.2) is 9.97 Å². The second-order valence-corrected chi connectivity index (χ2v) is 3.71. The summed E-state index contributed by atoms with van der Waals surface area (Å²) >= 11 is 0. The molecule has 0 atom stereocenters. The highest BCUT2D eigenvalue weighted by Crippen LogP contribution is 2.24. The van der Waals surface area contributed by atoms with E-state index in [9.17, 15) is 8.78 Å². The Morgan fingerprint density at radius 1 is 1.26 bits per heavy atom. The summed E-state index contributed by atoms with van der Waals surface area (Å²) in [5.41, 5.74) is 6.17. The molecule has 0 aliphatic rings. The summed E-state index contributed by atoms with van der Waals surface area (Å²) in [6.45, 7) is 0.163. The fraction of sp³-hybridized carbons (Fsp3) is 0.0833. The van der Waals surface area contributed by atoms with E-state index in [-0.39, 0.29) is 23.7 Å². The Bertz CT molecular complexity index is 634. The number of halogens is 2. The molecule has 96 valence electrons. The van der Waals surface area contributed by atoms with E-state index >= 15 is 0 Å². The molecular formula is C12H9F2N5. The van der Waals surface area contributed by atoms with Crippen LogP contribution in [-0.2, 0) is 6.54 Å². The van der Waals surface area contributed by atoms with E-state index in [1.54, 1.807) is 6.07 Å². The van der Waals surface area contributed by atoms with Gasteiger partial charge >= 0.3 is 0 Å². The number of hydrogen-bond donors (Lipinski definition) is 2. The predicted molar refractivity (Wildman–Crippen MR) is 64.8 cm³/mol. The third-order valence-corrected chi connectivity index (χ3v) is 2.40. The molecule has 1 heterocycles. The molecule has 2 rings (SSSR count). The number of rotatable bonds is 3. The molecule has 0 aliphatic carbocycles. The lowest BCUT2D eigenvalue weighted by atomic mass is 10.2. The Morgan fingerprint density at radius 2 is 1.95 bits per heavy atom. The molecule has 0 saturated heterocycles. The molecular weight excluding hydrogens is 252 g/mol. The van der Waals surface area contributed by atoms with E-state index in [4.69, 9.17) is 11.0 Å². The number of benzene rings is 1. The molecule has 0 unspecified atom stereocenters. The van der Waals surface area contributed by atoms with Gasteiger partial charge in [0, 0.05) is 24.5 Å². The lowest BCUT2D eigenvalue weighted by Crippen LogP contribution is -2.07. The Labute approximate surface area is 107 Å². The van der Waals surface area contributed by atoms with E-state index < -0.39 is 11.6 Å². The van der Waals surface area contributed by atoms with Crippen LogP contribution in [0.3, 0.4) is 0 Å². The zero-order valence-electron chi connectivity index (χ0n) is 9.69. The molecule has 1 aromatic carbocycles. The maximum atomic E-state index is 13.5. The topological polar surface area (TPSA) is 87.6 Å². The van der Waals surface area contributed by atoms with Crippen molar-refractivity contribution < 1.29 is 8.78 Å². The highest BCUT2D eigenvalue weighted by atomic mass is 19.2. The minimum Gasteiger partial charge on any atom is -0.397 e. The average molecular weight is 261 g/mol. The molecule has 0 spiro atoms. The van der Waals surface area contributed by atoms with Gasteiger partial charge in [-0.15, -0.1) is 0 Å². The normalized spacial score (nSPS) is 9.95. The van der Waals surface area contributed by atoms with Gasteiger partial charge in [-0.05, 0) is 12.1 Å². The van der Waals surface area contributed by atoms with Gasteiger partial charge in [0.15, 0.2) is 11.6 Å². The first kappa shape index (κ1) is 12.7. The molecule has 0 saturated carbocycles. The van der Waals surface area contributed by atoms with Crippen molar-refractivity contribution in [1.82, 2.24) is 9.97 Å². The molecule has 0 amide bonds. The van der Waals surface area contributed by atoms with Crippen LogP contribution in [0.4, 0.5) is 20.2 Å². The van der Waals surface area contributed by atoms with Gasteiger partial charge < -0.3 is 11.1 Å². The van der Waals surface area contributed by atoms with Crippen molar-refractivity contribution >= 4 is 11.4 Å². The van der Waals surface area contributed by atoms with Crippen molar-refractivity contribution in [3.05, 3.63) is 47.5 Å². The second-order valence-electron chi connectivity index (χ2n) is 3.71. The summed E-state index contributed by atoms with van der Waals surface area (Å²) < 4.78 is 26.5. The number of nitrogen functional groups attached to an aromatic ring is 1. The van der Waals surface area contributed by atoms with Crippen LogP contribution in [0, 0.1) is 23.0 Å². The summed E-state index contributed by atoms with van der Waals surface area (Å²) in [7, 11) is 0. The van der Waals surface area contributed by atoms with Gasteiger partial charge in [0.1, 0.15) is 6.07 Å². The van der Waals surface area contributed by atoms with E-state index in [2.05, 4.69) is 15.3 Å². The number of nitrogens with zero attached hydrogens (tertiary/aromatic N) is 3. The van der Waals surface area contributed by atoms with Gasteiger partial charge in [-0.1, -0.05) is 0 Å². The molecule has 5 nitrogen and oxygen atoms in total. The summed E-state index contributed by atoms with van der Waals surface area (Å²) in [6.07, 6.45) is 2.85. The van der Waals surface area contributed by atoms with Gasteiger partial charge in [0.25, 0.3) is 0 Å². The summed E-state index contributed by atoms with van der Waals surface area (Å²) in [6, 6.07) is 4.01. The molecule has 1 aromatic heterocycles. The van der Waals surface area contributed by atoms with Gasteiger partial charge in [-0.2, -0.15) is 5.26 Å². The fourth-order valence-electron chi connectivity index (χ4n) is 1.44. The smallest absolute Gasteiger partial charge is 0.232 e. The largest absolute Gasteiger partial charge is 0.397 e. The fourth-order valence-corrected chi connectivity index (χ4v) is 1.44. The zero-order chi connectivity index (χ0) is 13.8. The molecule has 2 aromatic rings. The Kier molecular flexibility index (Phi) is 3.52. The van der Waals surface area contributed by atoms with Gasteiger partial charge in [0.2, 0.25) is 5.82 Å². The lowest BCUT2D eigenvalue weighted by Gasteiger charge is -2.10. The SMILES string of the molecule is N#Cc1ncc(CNc2c(N)ccc(F)c2F)cn1. The molecule has 0 radical (unpaired) electrons. The van der Waals surface area contributed by atoms with Crippen LogP contribution in [0.25, 0.3) is 0 Å². The van der Waals surface area contributed by atoms with E-state index in [1.807, 2.05) is 0 Å². The first-order chi connectivity index (χ1) is 9.11. The Balaban J connectivity index is 2.14. The molecule has 0 aliphatic heterocycles. The molecule has 0 bridgehead atoms. The highest BCUT2D eigenvalue weighted by molar-refractivity contribution is 5.66. The van der Waals surface area contributed by atoms with Crippen molar-refractivity contribution in [3.8, 4) is 6.07 Å². The Hall–Kier alpha value is -2.75. The van der Waals surface area contributed by atoms with Crippen molar-refractivity contribution in [2.45, 2.75) is 6.54 Å². The number of nitrogens with two attached hydrogens (primary N) is 1. The van der Waals surface area contributed by atoms with Crippen LogP contribution < -0.4 is 11.1 Å². The maximum absolute atomic E-state index is 13.5. The quantitative estimate of drug-likeness (QED) is 0.823. The minimum atomic E-state index is -1.03. The van der Waals surface area contributed by atoms with Crippen molar-refractivity contribution in [2.24, 2.45) is 0 Å². The van der Waals surface area contributed by atoms with Gasteiger partial charge in [-0.25, -0.2) is 18.7 Å². The van der Waals surface area contributed by atoms with Crippen molar-refractivity contribution in [1.29, 1.82) is 5.26 Å². The number of aromatic nitrogens is 2. The van der Waals surface area contributed by atoms with Crippen molar-refractivity contribution in [2.75, 3.05) is 11.1 Å². The van der Waals surface area contributed by atoms with Crippen LogP contribution >= 0.6 is 0 Å². The van der Waals surface area contributed by atoms with E-state index in [1.165, 1.54) is 18.5 Å². The van der Waals surface area contributed by atoms with Crippen LogP contribution in [0.5, 0.6) is 0 Å². The molecule has 0 fully saturated rings. The maximum Gasteiger partial charge on any atom is 0.232 e. The van der Waals surface area contributed by atoms with E-state index in [0.29, 0.717) is 5.56 Å². The second kappa shape index (κ2) is 5.27. The van der Waals surface area contributed by atoms with Gasteiger partial charge in [-0.3, -0.25) is 0 Å². The monoisotopic (exact) mass is 261 g/mol. The zero-order valence-corrected chi connectivity index (χ0v) is 9.69. The third-order valence-electron chi connectivity index (χ3n) is 2.40. The van der Waals surface area contributed by atoms with Crippen LogP contribution in [0.2, 0.25) is 0 Å². The average Bonchev–Trinajstić information content (AvgIpc) is 2.44. The molecule has 7 heteroatoms. The lowest BCUT2D eigenvalue weighted by molar-refractivity contribution is 0.511. The number of anilines is 2. The minimum absolute atomic E-state index is 0.0419. The summed E-state index contributed by atoms with van der Waals surface area (Å²) in [5.74, 6) is -1.97. The molecule has 19 heavy (non-hydrogen) atoms. The summed E-state index contributed by atoms with van der Waals surface area (Å²) in [4.78, 5) is 7.52.